The molecule has 0 unspecified atom stereocenters. The Morgan fingerprint density at radius 3 is 2.39 bits per heavy atom. The fraction of sp³-hybridized carbons (Fsp3) is 0.333. The molecule has 3 N–H and O–H groups in total. The van der Waals surface area contributed by atoms with Gasteiger partial charge in [-0.3, -0.25) is 9.78 Å². The van der Waals surface area contributed by atoms with E-state index in [9.17, 15) is 9.90 Å². The van der Waals surface area contributed by atoms with E-state index in [1.807, 2.05) is 24.3 Å². The summed E-state index contributed by atoms with van der Waals surface area (Å²) >= 11 is 14.2. The lowest BCUT2D eigenvalue weighted by molar-refractivity contribution is -0.124. The lowest BCUT2D eigenvalue weighted by Gasteiger charge is -2.18. The topological polar surface area (TPSA) is 79.2 Å². The summed E-state index contributed by atoms with van der Waals surface area (Å²) in [5, 5.41) is 17.8. The number of carbonyl (C=O) groups is 1. The molecule has 3 aromatic rings. The number of aliphatic hydroxyl groups excluding tert-OH is 1. The quantitative estimate of drug-likeness (QED) is 0.278. The molecule has 0 radical (unpaired) electrons. The molecule has 0 fully saturated rings. The maximum atomic E-state index is 12.8. The molecule has 2 heterocycles. The van der Waals surface area contributed by atoms with Crippen LogP contribution in [0.5, 0.6) is 0 Å². The van der Waals surface area contributed by atoms with Crippen LogP contribution in [0.15, 0.2) is 64.9 Å². The molecule has 3 rings (SSSR count). The van der Waals surface area contributed by atoms with Gasteiger partial charge in [0.1, 0.15) is 6.04 Å². The Labute approximate surface area is 227 Å². The van der Waals surface area contributed by atoms with Gasteiger partial charge in [-0.05, 0) is 66.8 Å². The number of aromatic nitrogens is 2. The zero-order valence-corrected chi connectivity index (χ0v) is 23.3. The molecule has 1 amide bonds. The predicted octanol–water partition coefficient (Wildman–Crippen LogP) is 5.92. The van der Waals surface area contributed by atoms with Crippen molar-refractivity contribution in [2.24, 2.45) is 0 Å². The summed E-state index contributed by atoms with van der Waals surface area (Å²) in [7, 11) is 0. The van der Waals surface area contributed by atoms with E-state index >= 15 is 0 Å². The van der Waals surface area contributed by atoms with Crippen molar-refractivity contribution in [1.82, 2.24) is 20.2 Å². The van der Waals surface area contributed by atoms with Crippen LogP contribution in [0, 0.1) is 6.92 Å². The van der Waals surface area contributed by atoms with E-state index in [2.05, 4.69) is 47.5 Å². The van der Waals surface area contributed by atoms with Gasteiger partial charge in [0.05, 0.1) is 11.6 Å². The Bertz CT molecular complexity index is 1210. The highest BCUT2D eigenvalue weighted by Crippen LogP contribution is 2.41. The highest BCUT2D eigenvalue weighted by Gasteiger charge is 2.25. The first-order chi connectivity index (χ1) is 17.1. The molecule has 36 heavy (non-hydrogen) atoms. The molecule has 1 aromatic carbocycles. The summed E-state index contributed by atoms with van der Waals surface area (Å²) in [5.41, 5.74) is 4.99. The highest BCUT2D eigenvalue weighted by molar-refractivity contribution is 7.99. The zero-order valence-electron chi connectivity index (χ0n) is 20.9. The Morgan fingerprint density at radius 1 is 1.19 bits per heavy atom. The van der Waals surface area contributed by atoms with Crippen molar-refractivity contribution in [3.8, 4) is 0 Å². The highest BCUT2D eigenvalue weighted by atomic mass is 35.5. The normalized spacial score (nSPS) is 12.0. The van der Waals surface area contributed by atoms with E-state index in [1.165, 1.54) is 0 Å². The maximum absolute atomic E-state index is 12.8. The molecule has 0 aliphatic rings. The van der Waals surface area contributed by atoms with Gasteiger partial charge in [0, 0.05) is 51.8 Å². The lowest BCUT2D eigenvalue weighted by Crippen LogP contribution is -2.45. The second kappa shape index (κ2) is 12.7. The zero-order chi connectivity index (χ0) is 26.4. The number of allylic oxidation sites excluding steroid dienone is 1. The molecular weight excluding hydrogens is 515 g/mol. The first kappa shape index (κ1) is 28.1. The average Bonchev–Trinajstić information content (AvgIpc) is 3.06. The van der Waals surface area contributed by atoms with Gasteiger partial charge in [-0.25, -0.2) is 0 Å². The molecule has 0 aliphatic heterocycles. The van der Waals surface area contributed by atoms with Crippen molar-refractivity contribution < 1.29 is 9.90 Å². The third-order valence-corrected chi connectivity index (χ3v) is 7.26. The number of amides is 1. The van der Waals surface area contributed by atoms with Gasteiger partial charge in [-0.2, -0.15) is 0 Å². The van der Waals surface area contributed by atoms with Crippen LogP contribution in [0.4, 0.5) is 0 Å². The summed E-state index contributed by atoms with van der Waals surface area (Å²) < 4.78 is 2.27. The summed E-state index contributed by atoms with van der Waals surface area (Å²) in [6.07, 6.45) is 3.57. The molecule has 0 bridgehead atoms. The first-order valence-electron chi connectivity index (χ1n) is 11.7. The minimum atomic E-state index is -0.758. The van der Waals surface area contributed by atoms with Gasteiger partial charge in [0.2, 0.25) is 5.91 Å². The number of nitrogens with one attached hydrogen (secondary N) is 2. The molecule has 0 saturated heterocycles. The van der Waals surface area contributed by atoms with Crippen LogP contribution >= 0.6 is 35.0 Å². The number of halogens is 2. The van der Waals surface area contributed by atoms with Crippen LogP contribution in [0.25, 0.3) is 0 Å². The minimum absolute atomic E-state index is 0.189. The Kier molecular flexibility index (Phi) is 9.91. The third kappa shape index (κ3) is 7.07. The van der Waals surface area contributed by atoms with E-state index in [0.29, 0.717) is 28.8 Å². The molecule has 192 valence electrons. The number of aliphatic hydroxyl groups is 1. The van der Waals surface area contributed by atoms with Gasteiger partial charge >= 0.3 is 0 Å². The molecular formula is C27H32Cl2N4O2S. The predicted molar refractivity (Wildman–Crippen MR) is 148 cm³/mol. The van der Waals surface area contributed by atoms with Crippen molar-refractivity contribution in [3.63, 3.8) is 0 Å². The van der Waals surface area contributed by atoms with Gasteiger partial charge < -0.3 is 20.3 Å². The van der Waals surface area contributed by atoms with Crippen LogP contribution in [0.1, 0.15) is 49.1 Å². The van der Waals surface area contributed by atoms with Gasteiger partial charge in [-0.1, -0.05) is 55.4 Å². The van der Waals surface area contributed by atoms with Crippen LogP contribution in [0.3, 0.4) is 0 Å². The van der Waals surface area contributed by atoms with Crippen LogP contribution in [-0.2, 0) is 17.9 Å². The number of hydrogen-bond acceptors (Lipinski definition) is 5. The maximum Gasteiger partial charge on any atom is 0.245 e. The van der Waals surface area contributed by atoms with E-state index in [-0.39, 0.29) is 18.4 Å². The van der Waals surface area contributed by atoms with Crippen molar-refractivity contribution >= 4 is 40.9 Å². The summed E-state index contributed by atoms with van der Waals surface area (Å²) in [6, 6.07) is 8.75. The fourth-order valence-corrected chi connectivity index (χ4v) is 6.09. The smallest absolute Gasteiger partial charge is 0.245 e. The average molecular weight is 548 g/mol. The van der Waals surface area contributed by atoms with E-state index in [4.69, 9.17) is 23.2 Å². The number of carbonyl (C=O) groups excluding carboxylic acids is 1. The summed E-state index contributed by atoms with van der Waals surface area (Å²) in [6.45, 7) is 12.5. The monoisotopic (exact) mass is 546 g/mol. The van der Waals surface area contributed by atoms with E-state index in [1.54, 1.807) is 37.1 Å². The summed E-state index contributed by atoms with van der Waals surface area (Å²) in [4.78, 5) is 17.9. The molecule has 2 aromatic heterocycles. The summed E-state index contributed by atoms with van der Waals surface area (Å²) in [5.74, 6) is -0.0963. The second-order valence-corrected chi connectivity index (χ2v) is 10.9. The molecule has 1 atom stereocenters. The number of rotatable bonds is 11. The molecule has 0 aliphatic carbocycles. The minimum Gasteiger partial charge on any atom is -0.394 e. The largest absolute Gasteiger partial charge is 0.394 e. The standard InChI is InChI=1S/C27H32Cl2N4O2S/c1-16(2)25-23(13-31-26(35)24(15-34)32-17(3)4)18(5)33(14-19-6-8-30-9-7-19)27(25)36-22-11-20(28)10-21(29)12-22/h6-12,16,24,32,34H,3,13-15H2,1-2,4-5H3,(H,31,35)/t24-/m0/s1. The SMILES string of the molecule is C=C(C)N[C@@H](CO)C(=O)NCc1c(C(C)C)c(Sc2cc(Cl)cc(Cl)c2)n(Cc2ccncc2)c1C. The molecule has 0 spiro atoms. The second-order valence-electron chi connectivity index (χ2n) is 8.96. The van der Waals surface area contributed by atoms with Crippen LogP contribution in [-0.4, -0.2) is 33.2 Å². The van der Waals surface area contributed by atoms with Gasteiger partial charge in [-0.15, -0.1) is 0 Å². The van der Waals surface area contributed by atoms with E-state index < -0.39 is 6.04 Å². The Morgan fingerprint density at radius 2 is 1.83 bits per heavy atom. The van der Waals surface area contributed by atoms with Crippen LogP contribution in [0.2, 0.25) is 10.0 Å². The van der Waals surface area contributed by atoms with Crippen molar-refractivity contribution in [1.29, 1.82) is 0 Å². The van der Waals surface area contributed by atoms with E-state index in [0.717, 1.165) is 32.3 Å². The molecule has 9 heteroatoms. The Balaban J connectivity index is 2.04. The van der Waals surface area contributed by atoms with Crippen molar-refractivity contribution in [2.75, 3.05) is 6.61 Å². The number of nitrogens with zero attached hydrogens (tertiary/aromatic N) is 2. The molecule has 6 nitrogen and oxygen atoms in total. The van der Waals surface area contributed by atoms with Crippen LogP contribution < -0.4 is 10.6 Å². The number of benzene rings is 1. The van der Waals surface area contributed by atoms with Crippen molar-refractivity contribution in [2.45, 2.75) is 62.7 Å². The number of pyridine rings is 1. The molecule has 0 saturated carbocycles. The van der Waals surface area contributed by atoms with Gasteiger partial charge in [0.15, 0.2) is 0 Å². The lowest BCUT2D eigenvalue weighted by atomic mass is 10.0. The van der Waals surface area contributed by atoms with Gasteiger partial charge in [0.25, 0.3) is 0 Å². The fourth-order valence-electron chi connectivity index (χ4n) is 4.06. The van der Waals surface area contributed by atoms with Crippen molar-refractivity contribution in [3.05, 3.63) is 87.4 Å². The third-order valence-electron chi connectivity index (χ3n) is 5.72. The number of hydrogen-bond donors (Lipinski definition) is 3. The first-order valence-corrected chi connectivity index (χ1v) is 13.2. The Hall–Kier alpha value is -2.45.